The van der Waals surface area contributed by atoms with Crippen LogP contribution in [0.1, 0.15) is 64.0 Å². The summed E-state index contributed by atoms with van der Waals surface area (Å²) in [6.45, 7) is 7.63. The lowest BCUT2D eigenvalue weighted by molar-refractivity contribution is 0.100. The Morgan fingerprint density at radius 3 is 3.00 bits per heavy atom. The van der Waals surface area contributed by atoms with E-state index in [4.69, 9.17) is 4.74 Å². The molecule has 0 bridgehead atoms. The summed E-state index contributed by atoms with van der Waals surface area (Å²) in [6.07, 6.45) is 12.3. The van der Waals surface area contributed by atoms with Gasteiger partial charge in [-0.1, -0.05) is 20.3 Å². The second-order valence-electron chi connectivity index (χ2n) is 5.90. The summed E-state index contributed by atoms with van der Waals surface area (Å²) in [6, 6.07) is 2.79. The molecule has 114 valence electrons. The zero-order valence-electron chi connectivity index (χ0n) is 13.1. The highest BCUT2D eigenvalue weighted by Crippen LogP contribution is 2.20. The Kier molecular flexibility index (Phi) is 6.61. The second kappa shape index (κ2) is 8.48. The van der Waals surface area contributed by atoms with Gasteiger partial charge in [-0.3, -0.25) is 0 Å². The Balaban J connectivity index is 1.84. The summed E-state index contributed by atoms with van der Waals surface area (Å²) >= 11 is 0. The van der Waals surface area contributed by atoms with Crippen LogP contribution in [0.5, 0.6) is 0 Å². The molecule has 1 saturated heterocycles. The van der Waals surface area contributed by atoms with E-state index >= 15 is 0 Å². The molecule has 2 unspecified atom stereocenters. The third-order valence-corrected chi connectivity index (χ3v) is 4.13. The van der Waals surface area contributed by atoms with Crippen LogP contribution in [-0.4, -0.2) is 23.8 Å². The molecule has 0 amide bonds. The Hall–Kier alpha value is -0.800. The lowest BCUT2D eigenvalue weighted by Gasteiger charge is -2.16. The molecule has 20 heavy (non-hydrogen) atoms. The molecule has 1 aromatic rings. The van der Waals surface area contributed by atoms with E-state index in [1.807, 2.05) is 0 Å². The van der Waals surface area contributed by atoms with E-state index in [9.17, 15) is 0 Å². The van der Waals surface area contributed by atoms with Crippen molar-refractivity contribution in [2.24, 2.45) is 0 Å². The van der Waals surface area contributed by atoms with Gasteiger partial charge < -0.3 is 14.6 Å². The summed E-state index contributed by atoms with van der Waals surface area (Å²) in [5, 5.41) is 3.66. The fourth-order valence-electron chi connectivity index (χ4n) is 2.96. The summed E-state index contributed by atoms with van der Waals surface area (Å²) in [7, 11) is 0. The predicted octanol–water partition coefficient (Wildman–Crippen LogP) is 3.90. The van der Waals surface area contributed by atoms with Crippen molar-refractivity contribution in [3.63, 3.8) is 0 Å². The van der Waals surface area contributed by atoms with Gasteiger partial charge in [0.25, 0.3) is 0 Å². The number of aryl methyl sites for hydroxylation is 1. The van der Waals surface area contributed by atoms with Crippen molar-refractivity contribution >= 4 is 0 Å². The third kappa shape index (κ3) is 4.64. The standard InChI is InChI=1S/C17H30N2O/c1-3-6-17(18-10-4-2)15-8-11-19(14-15)12-9-16-7-5-13-20-16/h8,11,14,16-18H,3-7,9-10,12-13H2,1-2H3. The maximum absolute atomic E-state index is 5.69. The van der Waals surface area contributed by atoms with Crippen LogP contribution in [0.25, 0.3) is 0 Å². The first kappa shape index (κ1) is 15.6. The number of nitrogens with zero attached hydrogens (tertiary/aromatic N) is 1. The molecule has 3 nitrogen and oxygen atoms in total. The number of hydrogen-bond acceptors (Lipinski definition) is 2. The van der Waals surface area contributed by atoms with Crippen LogP contribution in [-0.2, 0) is 11.3 Å². The molecule has 0 aliphatic carbocycles. The van der Waals surface area contributed by atoms with Crippen molar-refractivity contribution in [1.82, 2.24) is 9.88 Å². The first-order valence-corrected chi connectivity index (χ1v) is 8.34. The van der Waals surface area contributed by atoms with Crippen LogP contribution in [0.15, 0.2) is 18.5 Å². The van der Waals surface area contributed by atoms with Crippen LogP contribution in [0.4, 0.5) is 0 Å². The molecule has 1 N–H and O–H groups in total. The summed E-state index contributed by atoms with van der Waals surface area (Å²) < 4.78 is 8.02. The average molecular weight is 278 g/mol. The molecule has 1 aliphatic heterocycles. The number of hydrogen-bond donors (Lipinski definition) is 1. The molecule has 2 heterocycles. The van der Waals surface area contributed by atoms with Gasteiger partial charge in [-0.05, 0) is 50.3 Å². The predicted molar refractivity (Wildman–Crippen MR) is 84.0 cm³/mol. The number of rotatable bonds is 9. The molecular weight excluding hydrogens is 248 g/mol. The third-order valence-electron chi connectivity index (χ3n) is 4.13. The Bertz CT molecular complexity index is 369. The fraction of sp³-hybridized carbons (Fsp3) is 0.765. The highest BCUT2D eigenvalue weighted by atomic mass is 16.5. The lowest BCUT2D eigenvalue weighted by atomic mass is 10.1. The van der Waals surface area contributed by atoms with E-state index in [-0.39, 0.29) is 0 Å². The van der Waals surface area contributed by atoms with Gasteiger partial charge in [0.15, 0.2) is 0 Å². The van der Waals surface area contributed by atoms with Gasteiger partial charge in [0.05, 0.1) is 6.10 Å². The van der Waals surface area contributed by atoms with Crippen molar-refractivity contribution in [2.75, 3.05) is 13.2 Å². The monoisotopic (exact) mass is 278 g/mol. The van der Waals surface area contributed by atoms with Gasteiger partial charge in [0.1, 0.15) is 0 Å². The molecule has 0 saturated carbocycles. The first-order chi connectivity index (χ1) is 9.83. The Morgan fingerprint density at radius 1 is 1.40 bits per heavy atom. The van der Waals surface area contributed by atoms with Gasteiger partial charge in [0, 0.05) is 31.6 Å². The number of nitrogens with one attached hydrogen (secondary N) is 1. The minimum atomic E-state index is 0.491. The SMILES string of the molecule is CCCNC(CCC)c1ccn(CCC2CCCO2)c1. The largest absolute Gasteiger partial charge is 0.378 e. The highest BCUT2D eigenvalue weighted by Gasteiger charge is 2.15. The molecule has 3 heteroatoms. The van der Waals surface area contributed by atoms with Crippen molar-refractivity contribution in [1.29, 1.82) is 0 Å². The van der Waals surface area contributed by atoms with Crippen LogP contribution < -0.4 is 5.32 Å². The van der Waals surface area contributed by atoms with Gasteiger partial charge >= 0.3 is 0 Å². The van der Waals surface area contributed by atoms with Gasteiger partial charge in [-0.25, -0.2) is 0 Å². The van der Waals surface area contributed by atoms with Crippen LogP contribution in [0.2, 0.25) is 0 Å². The second-order valence-corrected chi connectivity index (χ2v) is 5.90. The minimum Gasteiger partial charge on any atom is -0.378 e. The zero-order chi connectivity index (χ0) is 14.2. The molecule has 1 aliphatic rings. The van der Waals surface area contributed by atoms with E-state index in [0.29, 0.717) is 12.1 Å². The summed E-state index contributed by atoms with van der Waals surface area (Å²) in [5.74, 6) is 0. The van der Waals surface area contributed by atoms with Crippen molar-refractivity contribution in [2.45, 2.75) is 71.1 Å². The molecule has 2 rings (SSSR count). The molecule has 0 aromatic carbocycles. The maximum atomic E-state index is 5.69. The molecule has 2 atom stereocenters. The van der Waals surface area contributed by atoms with Crippen molar-refractivity contribution in [3.8, 4) is 0 Å². The average Bonchev–Trinajstić information content (AvgIpc) is 3.12. The molecule has 0 radical (unpaired) electrons. The quantitative estimate of drug-likeness (QED) is 0.741. The molecule has 1 fully saturated rings. The Morgan fingerprint density at radius 2 is 2.30 bits per heavy atom. The minimum absolute atomic E-state index is 0.491. The topological polar surface area (TPSA) is 26.2 Å². The Labute approximate surface area is 123 Å². The van der Waals surface area contributed by atoms with Gasteiger partial charge in [-0.2, -0.15) is 0 Å². The highest BCUT2D eigenvalue weighted by molar-refractivity contribution is 5.15. The lowest BCUT2D eigenvalue weighted by Crippen LogP contribution is -2.21. The van der Waals surface area contributed by atoms with Crippen molar-refractivity contribution in [3.05, 3.63) is 24.0 Å². The fourth-order valence-corrected chi connectivity index (χ4v) is 2.96. The normalized spacial score (nSPS) is 20.4. The van der Waals surface area contributed by atoms with Crippen molar-refractivity contribution < 1.29 is 4.74 Å². The van der Waals surface area contributed by atoms with Gasteiger partial charge in [-0.15, -0.1) is 0 Å². The summed E-state index contributed by atoms with van der Waals surface area (Å²) in [5.41, 5.74) is 1.44. The van der Waals surface area contributed by atoms with Crippen LogP contribution >= 0.6 is 0 Å². The molecule has 0 spiro atoms. The van der Waals surface area contributed by atoms with Gasteiger partial charge in [0.2, 0.25) is 0 Å². The molecular formula is C17H30N2O. The molecule has 1 aromatic heterocycles. The smallest absolute Gasteiger partial charge is 0.0593 e. The van der Waals surface area contributed by atoms with E-state index in [1.54, 1.807) is 0 Å². The first-order valence-electron chi connectivity index (χ1n) is 8.34. The maximum Gasteiger partial charge on any atom is 0.0593 e. The van der Waals surface area contributed by atoms with E-state index in [2.05, 4.69) is 42.2 Å². The van der Waals surface area contributed by atoms with E-state index in [0.717, 1.165) is 26.1 Å². The van der Waals surface area contributed by atoms with Crippen LogP contribution in [0.3, 0.4) is 0 Å². The van der Waals surface area contributed by atoms with E-state index < -0.39 is 0 Å². The van der Waals surface area contributed by atoms with Crippen LogP contribution in [0, 0.1) is 0 Å². The number of aromatic nitrogens is 1. The number of ether oxygens (including phenoxy) is 1. The zero-order valence-corrected chi connectivity index (χ0v) is 13.1. The summed E-state index contributed by atoms with van der Waals surface area (Å²) in [4.78, 5) is 0. The van der Waals surface area contributed by atoms with E-state index in [1.165, 1.54) is 37.7 Å².